The molecule has 0 aliphatic carbocycles. The average Bonchev–Trinajstić information content (AvgIpc) is 2.32. The third-order valence-corrected chi connectivity index (χ3v) is 2.38. The van der Waals surface area contributed by atoms with Gasteiger partial charge in [-0.25, -0.2) is 0 Å². The molecule has 0 atom stereocenters. The quantitative estimate of drug-likeness (QED) is 0.586. The SMILES string of the molecule is CC.CC(C)(C)N1CCCCCC1=O. The molecule has 0 saturated carbocycles. The number of carbonyl (C=O) groups excluding carboxylic acids is 1. The molecule has 0 spiro atoms. The van der Waals surface area contributed by atoms with Crippen LogP contribution >= 0.6 is 0 Å². The van der Waals surface area contributed by atoms with Gasteiger partial charge in [-0.15, -0.1) is 0 Å². The molecule has 0 N–H and O–H groups in total. The first-order valence-electron chi connectivity index (χ1n) is 5.82. The molecule has 0 aromatic carbocycles. The predicted molar refractivity (Wildman–Crippen MR) is 61.3 cm³/mol. The number of hydrogen-bond donors (Lipinski definition) is 0. The van der Waals surface area contributed by atoms with Crippen molar-refractivity contribution in [2.45, 2.75) is 65.8 Å². The van der Waals surface area contributed by atoms with Crippen LogP contribution in [0.25, 0.3) is 0 Å². The van der Waals surface area contributed by atoms with E-state index in [0.29, 0.717) is 5.91 Å². The zero-order valence-electron chi connectivity index (χ0n) is 10.4. The minimum absolute atomic E-state index is 0.0153. The van der Waals surface area contributed by atoms with Gasteiger partial charge in [-0.1, -0.05) is 20.3 Å². The smallest absolute Gasteiger partial charge is 0.222 e. The predicted octanol–water partition coefficient (Wildman–Crippen LogP) is 3.21. The molecule has 1 heterocycles. The van der Waals surface area contributed by atoms with Gasteiger partial charge in [0.05, 0.1) is 0 Å². The van der Waals surface area contributed by atoms with E-state index in [1.165, 1.54) is 12.8 Å². The second-order valence-electron chi connectivity index (χ2n) is 4.53. The van der Waals surface area contributed by atoms with Crippen LogP contribution in [0.2, 0.25) is 0 Å². The summed E-state index contributed by atoms with van der Waals surface area (Å²) in [6, 6.07) is 0. The molecule has 0 unspecified atom stereocenters. The summed E-state index contributed by atoms with van der Waals surface area (Å²) in [5.41, 5.74) is 0.0153. The van der Waals surface area contributed by atoms with Crippen LogP contribution in [0.4, 0.5) is 0 Å². The van der Waals surface area contributed by atoms with E-state index in [2.05, 4.69) is 20.8 Å². The maximum absolute atomic E-state index is 11.6. The van der Waals surface area contributed by atoms with Gasteiger partial charge in [-0.2, -0.15) is 0 Å². The highest BCUT2D eigenvalue weighted by Crippen LogP contribution is 2.20. The Morgan fingerprint density at radius 2 is 1.64 bits per heavy atom. The molecule has 1 saturated heterocycles. The van der Waals surface area contributed by atoms with Gasteiger partial charge in [0.2, 0.25) is 5.91 Å². The van der Waals surface area contributed by atoms with Gasteiger partial charge in [0.1, 0.15) is 0 Å². The largest absolute Gasteiger partial charge is 0.338 e. The fourth-order valence-electron chi connectivity index (χ4n) is 1.69. The molecule has 0 bridgehead atoms. The summed E-state index contributed by atoms with van der Waals surface area (Å²) in [7, 11) is 0. The molecular weight excluding hydrogens is 174 g/mol. The molecule has 0 radical (unpaired) electrons. The van der Waals surface area contributed by atoms with Crippen molar-refractivity contribution in [1.82, 2.24) is 4.90 Å². The Balaban J connectivity index is 0.000000791. The maximum Gasteiger partial charge on any atom is 0.222 e. The van der Waals surface area contributed by atoms with E-state index in [1.54, 1.807) is 0 Å². The fourth-order valence-corrected chi connectivity index (χ4v) is 1.69. The Hall–Kier alpha value is -0.530. The van der Waals surface area contributed by atoms with Gasteiger partial charge in [0, 0.05) is 18.5 Å². The van der Waals surface area contributed by atoms with Gasteiger partial charge < -0.3 is 4.90 Å². The molecule has 1 rings (SSSR count). The molecule has 14 heavy (non-hydrogen) atoms. The van der Waals surface area contributed by atoms with Crippen molar-refractivity contribution in [3.05, 3.63) is 0 Å². The lowest BCUT2D eigenvalue weighted by Gasteiger charge is -2.34. The van der Waals surface area contributed by atoms with E-state index in [0.717, 1.165) is 19.4 Å². The highest BCUT2D eigenvalue weighted by Gasteiger charge is 2.26. The first kappa shape index (κ1) is 13.5. The lowest BCUT2D eigenvalue weighted by molar-refractivity contribution is -0.135. The Labute approximate surface area is 88.7 Å². The van der Waals surface area contributed by atoms with Crippen LogP contribution in [0, 0.1) is 0 Å². The van der Waals surface area contributed by atoms with Crippen LogP contribution in [0.3, 0.4) is 0 Å². The standard InChI is InChI=1S/C10H19NO.C2H6/c1-10(2,3)11-8-6-4-5-7-9(11)12;1-2/h4-8H2,1-3H3;1-2H3. The van der Waals surface area contributed by atoms with Gasteiger partial charge >= 0.3 is 0 Å². The van der Waals surface area contributed by atoms with Crippen LogP contribution in [0.5, 0.6) is 0 Å². The van der Waals surface area contributed by atoms with Gasteiger partial charge in [-0.3, -0.25) is 4.79 Å². The Kier molecular flexibility index (Phi) is 5.82. The summed E-state index contributed by atoms with van der Waals surface area (Å²) in [6.07, 6.45) is 4.20. The Bertz CT molecular complexity index is 170. The molecule has 1 fully saturated rings. The third-order valence-electron chi connectivity index (χ3n) is 2.38. The monoisotopic (exact) mass is 199 g/mol. The molecule has 2 nitrogen and oxygen atoms in total. The third kappa shape index (κ3) is 4.12. The van der Waals surface area contributed by atoms with Gasteiger partial charge in [-0.05, 0) is 33.6 Å². The number of likely N-dealkylation sites (tertiary alicyclic amines) is 1. The number of carbonyl (C=O) groups is 1. The molecule has 2 heteroatoms. The van der Waals surface area contributed by atoms with Crippen LogP contribution in [0.1, 0.15) is 60.3 Å². The van der Waals surface area contributed by atoms with Crippen molar-refractivity contribution in [2.24, 2.45) is 0 Å². The average molecular weight is 199 g/mol. The summed E-state index contributed by atoms with van der Waals surface area (Å²) in [4.78, 5) is 13.6. The zero-order chi connectivity index (χ0) is 11.2. The van der Waals surface area contributed by atoms with Crippen molar-refractivity contribution >= 4 is 5.91 Å². The van der Waals surface area contributed by atoms with Crippen molar-refractivity contribution < 1.29 is 4.79 Å². The summed E-state index contributed by atoms with van der Waals surface area (Å²) in [6.45, 7) is 11.3. The first-order chi connectivity index (χ1) is 6.52. The van der Waals surface area contributed by atoms with Crippen molar-refractivity contribution in [2.75, 3.05) is 6.54 Å². The Morgan fingerprint density at radius 1 is 1.07 bits per heavy atom. The molecule has 84 valence electrons. The molecular formula is C12H25NO. The highest BCUT2D eigenvalue weighted by atomic mass is 16.2. The van der Waals surface area contributed by atoms with E-state index in [4.69, 9.17) is 0 Å². The minimum Gasteiger partial charge on any atom is -0.338 e. The van der Waals surface area contributed by atoms with Gasteiger partial charge in [0.25, 0.3) is 0 Å². The van der Waals surface area contributed by atoms with E-state index in [-0.39, 0.29) is 5.54 Å². The lowest BCUT2D eigenvalue weighted by Crippen LogP contribution is -2.45. The summed E-state index contributed by atoms with van der Waals surface area (Å²) in [5.74, 6) is 0.333. The summed E-state index contributed by atoms with van der Waals surface area (Å²) < 4.78 is 0. The number of rotatable bonds is 0. The first-order valence-corrected chi connectivity index (χ1v) is 5.82. The maximum atomic E-state index is 11.6. The number of amides is 1. The summed E-state index contributed by atoms with van der Waals surface area (Å²) >= 11 is 0. The summed E-state index contributed by atoms with van der Waals surface area (Å²) in [5, 5.41) is 0. The van der Waals surface area contributed by atoms with Crippen LogP contribution in [-0.4, -0.2) is 22.9 Å². The van der Waals surface area contributed by atoms with E-state index >= 15 is 0 Å². The lowest BCUT2D eigenvalue weighted by atomic mass is 10.1. The highest BCUT2D eigenvalue weighted by molar-refractivity contribution is 5.77. The molecule has 1 amide bonds. The van der Waals surface area contributed by atoms with Crippen molar-refractivity contribution in [3.63, 3.8) is 0 Å². The van der Waals surface area contributed by atoms with E-state index in [1.807, 2.05) is 18.7 Å². The van der Waals surface area contributed by atoms with E-state index in [9.17, 15) is 4.79 Å². The second kappa shape index (κ2) is 6.05. The second-order valence-corrected chi connectivity index (χ2v) is 4.53. The number of nitrogens with zero attached hydrogens (tertiary/aromatic N) is 1. The number of hydrogen-bond acceptors (Lipinski definition) is 1. The fraction of sp³-hybridized carbons (Fsp3) is 0.917. The van der Waals surface area contributed by atoms with E-state index < -0.39 is 0 Å². The molecule has 0 aromatic rings. The molecule has 1 aliphatic rings. The zero-order valence-corrected chi connectivity index (χ0v) is 10.4. The van der Waals surface area contributed by atoms with Crippen LogP contribution < -0.4 is 0 Å². The van der Waals surface area contributed by atoms with Crippen LogP contribution in [0.15, 0.2) is 0 Å². The van der Waals surface area contributed by atoms with Gasteiger partial charge in [0.15, 0.2) is 0 Å². The van der Waals surface area contributed by atoms with Crippen molar-refractivity contribution in [1.29, 1.82) is 0 Å². The molecule has 0 aromatic heterocycles. The normalized spacial score (nSPS) is 18.4. The topological polar surface area (TPSA) is 20.3 Å². The Morgan fingerprint density at radius 3 is 2.14 bits per heavy atom. The van der Waals surface area contributed by atoms with Crippen LogP contribution in [-0.2, 0) is 4.79 Å². The molecule has 1 aliphatic heterocycles. The van der Waals surface area contributed by atoms with Crippen molar-refractivity contribution in [3.8, 4) is 0 Å². The minimum atomic E-state index is 0.0153.